The SMILES string of the molecule is COc1ccc(C2(O)c3ccccc3Oc3ccccc32)cc1.COc1ccc(C2(O)c3ccccc3Oc3ccccc32)cc1.c1ccccc1. The van der Waals surface area contributed by atoms with Crippen LogP contribution in [0.1, 0.15) is 33.4 Å². The van der Waals surface area contributed by atoms with Crippen LogP contribution < -0.4 is 18.9 Å². The molecule has 0 aliphatic carbocycles. The first-order valence-corrected chi connectivity index (χ1v) is 16.9. The summed E-state index contributed by atoms with van der Waals surface area (Å²) in [5.41, 5.74) is 2.01. The summed E-state index contributed by atoms with van der Waals surface area (Å²) in [6.45, 7) is 0. The normalized spacial score (nSPS) is 13.6. The first-order chi connectivity index (χ1) is 25.5. The summed E-state index contributed by atoms with van der Waals surface area (Å²) in [5.74, 6) is 4.19. The summed E-state index contributed by atoms with van der Waals surface area (Å²) in [6.07, 6.45) is 0. The van der Waals surface area contributed by atoms with Crippen LogP contribution in [-0.2, 0) is 11.2 Å². The molecular weight excluding hydrogens is 648 g/mol. The minimum Gasteiger partial charge on any atom is -0.497 e. The van der Waals surface area contributed by atoms with Crippen LogP contribution in [-0.4, -0.2) is 24.4 Å². The van der Waals surface area contributed by atoms with Crippen molar-refractivity contribution in [2.45, 2.75) is 11.2 Å². The van der Waals surface area contributed by atoms with E-state index in [4.69, 9.17) is 18.9 Å². The minimum atomic E-state index is -1.25. The molecule has 6 nitrogen and oxygen atoms in total. The lowest BCUT2D eigenvalue weighted by molar-refractivity contribution is 0.112. The molecule has 0 aromatic heterocycles. The molecule has 2 aliphatic rings. The van der Waals surface area contributed by atoms with Gasteiger partial charge in [0.25, 0.3) is 0 Å². The van der Waals surface area contributed by atoms with E-state index in [2.05, 4.69) is 0 Å². The number of aliphatic hydroxyl groups is 2. The van der Waals surface area contributed by atoms with Gasteiger partial charge in [0.2, 0.25) is 0 Å². The van der Waals surface area contributed by atoms with Crippen molar-refractivity contribution in [3.05, 3.63) is 215 Å². The van der Waals surface area contributed by atoms with E-state index in [1.807, 2.05) is 182 Å². The van der Waals surface area contributed by atoms with Crippen molar-refractivity contribution in [2.75, 3.05) is 14.2 Å². The summed E-state index contributed by atoms with van der Waals surface area (Å²) in [7, 11) is 3.26. The van der Waals surface area contributed by atoms with Crippen LogP contribution in [0.15, 0.2) is 182 Å². The van der Waals surface area contributed by atoms with E-state index in [0.29, 0.717) is 23.0 Å². The molecule has 7 aromatic carbocycles. The maximum absolute atomic E-state index is 11.7. The lowest BCUT2D eigenvalue weighted by Gasteiger charge is -2.36. The van der Waals surface area contributed by atoms with Gasteiger partial charge in [-0.3, -0.25) is 0 Å². The Bertz CT molecular complexity index is 1980. The van der Waals surface area contributed by atoms with Crippen LogP contribution in [0.3, 0.4) is 0 Å². The Morgan fingerprint density at radius 2 is 0.596 bits per heavy atom. The first kappa shape index (κ1) is 34.1. The summed E-state index contributed by atoms with van der Waals surface area (Å²) in [5, 5.41) is 23.4. The predicted octanol–water partition coefficient (Wildman–Crippen LogP) is 9.86. The van der Waals surface area contributed by atoms with Gasteiger partial charge in [-0.2, -0.15) is 0 Å². The van der Waals surface area contributed by atoms with Crippen LogP contribution >= 0.6 is 0 Å². The Morgan fingerprint density at radius 1 is 0.346 bits per heavy atom. The average Bonchev–Trinajstić information content (AvgIpc) is 3.22. The standard InChI is InChI=1S/2C20H16O3.C6H6/c2*1-22-15-12-10-14(11-13-15)20(21)16-6-2-4-8-18(16)23-19-9-5-3-7-17(19)20;1-2-4-6-5-3-1/h2*2-13,21H,1H3;1-6H. The number of benzene rings is 7. The van der Waals surface area contributed by atoms with E-state index in [1.54, 1.807) is 14.2 Å². The maximum Gasteiger partial charge on any atom is 0.147 e. The van der Waals surface area contributed by atoms with Gasteiger partial charge >= 0.3 is 0 Å². The molecule has 0 saturated carbocycles. The quantitative estimate of drug-likeness (QED) is 0.192. The zero-order valence-corrected chi connectivity index (χ0v) is 28.8. The molecule has 0 atom stereocenters. The topological polar surface area (TPSA) is 77.4 Å². The average molecular weight is 687 g/mol. The molecule has 52 heavy (non-hydrogen) atoms. The van der Waals surface area contributed by atoms with Crippen LogP contribution in [0.2, 0.25) is 0 Å². The van der Waals surface area contributed by atoms with Crippen LogP contribution in [0.4, 0.5) is 0 Å². The molecule has 0 spiro atoms. The molecule has 0 unspecified atom stereocenters. The minimum absolute atomic E-state index is 0.671. The lowest BCUT2D eigenvalue weighted by Crippen LogP contribution is -2.32. The largest absolute Gasteiger partial charge is 0.497 e. The van der Waals surface area contributed by atoms with Gasteiger partial charge in [0, 0.05) is 22.3 Å². The van der Waals surface area contributed by atoms with Gasteiger partial charge in [0.15, 0.2) is 0 Å². The zero-order valence-electron chi connectivity index (χ0n) is 28.8. The number of methoxy groups -OCH3 is 2. The van der Waals surface area contributed by atoms with E-state index < -0.39 is 11.2 Å². The smallest absolute Gasteiger partial charge is 0.147 e. The predicted molar refractivity (Wildman–Crippen MR) is 203 cm³/mol. The van der Waals surface area contributed by atoms with Gasteiger partial charge in [-0.05, 0) is 59.7 Å². The fraction of sp³-hybridized carbons (Fsp3) is 0.0870. The fourth-order valence-electron chi connectivity index (χ4n) is 6.62. The van der Waals surface area contributed by atoms with Crippen LogP contribution in [0.25, 0.3) is 0 Å². The molecule has 0 radical (unpaired) electrons. The molecule has 0 saturated heterocycles. The number of rotatable bonds is 4. The third-order valence-electron chi connectivity index (χ3n) is 9.23. The van der Waals surface area contributed by atoms with Crippen molar-refractivity contribution >= 4 is 0 Å². The number of hydrogen-bond acceptors (Lipinski definition) is 6. The molecule has 6 heteroatoms. The van der Waals surface area contributed by atoms with E-state index >= 15 is 0 Å². The molecular formula is C46H38O6. The third kappa shape index (κ3) is 6.37. The van der Waals surface area contributed by atoms with Gasteiger partial charge in [-0.15, -0.1) is 0 Å². The molecule has 7 aromatic rings. The Balaban J connectivity index is 0.000000139. The second kappa shape index (κ2) is 14.9. The van der Waals surface area contributed by atoms with Gasteiger partial charge in [0.1, 0.15) is 45.7 Å². The van der Waals surface area contributed by atoms with Gasteiger partial charge < -0.3 is 29.2 Å². The zero-order chi connectivity index (χ0) is 36.0. The summed E-state index contributed by atoms with van der Waals surface area (Å²) in [6, 6.07) is 57.3. The molecule has 9 rings (SSSR count). The molecule has 258 valence electrons. The van der Waals surface area contributed by atoms with Gasteiger partial charge in [0.05, 0.1) is 14.2 Å². The Labute approximate surface area is 303 Å². The summed E-state index contributed by atoms with van der Waals surface area (Å²) < 4.78 is 22.4. The summed E-state index contributed by atoms with van der Waals surface area (Å²) in [4.78, 5) is 0. The molecule has 2 N–H and O–H groups in total. The second-order valence-electron chi connectivity index (χ2n) is 12.2. The second-order valence-corrected chi connectivity index (χ2v) is 12.2. The van der Waals surface area contributed by atoms with Crippen LogP contribution in [0.5, 0.6) is 34.5 Å². The number of fused-ring (bicyclic) bond motifs is 4. The molecule has 2 heterocycles. The highest BCUT2D eigenvalue weighted by Gasteiger charge is 2.43. The Morgan fingerprint density at radius 3 is 0.846 bits per heavy atom. The highest BCUT2D eigenvalue weighted by atomic mass is 16.5. The van der Waals surface area contributed by atoms with Crippen molar-refractivity contribution in [1.29, 1.82) is 0 Å². The van der Waals surface area contributed by atoms with Crippen molar-refractivity contribution in [2.24, 2.45) is 0 Å². The van der Waals surface area contributed by atoms with Gasteiger partial charge in [-0.1, -0.05) is 133 Å². The number of para-hydroxylation sites is 4. The van der Waals surface area contributed by atoms with Crippen LogP contribution in [0, 0.1) is 0 Å². The van der Waals surface area contributed by atoms with Crippen molar-refractivity contribution in [3.63, 3.8) is 0 Å². The molecule has 0 fully saturated rings. The van der Waals surface area contributed by atoms with E-state index in [9.17, 15) is 10.2 Å². The highest BCUT2D eigenvalue weighted by Crippen LogP contribution is 2.51. The summed E-state index contributed by atoms with van der Waals surface area (Å²) >= 11 is 0. The first-order valence-electron chi connectivity index (χ1n) is 16.9. The monoisotopic (exact) mass is 686 g/mol. The van der Waals surface area contributed by atoms with E-state index in [1.165, 1.54) is 0 Å². The lowest BCUT2D eigenvalue weighted by atomic mass is 9.78. The molecule has 0 amide bonds. The van der Waals surface area contributed by atoms with E-state index in [-0.39, 0.29) is 0 Å². The number of hydrogen-bond donors (Lipinski definition) is 2. The highest BCUT2D eigenvalue weighted by molar-refractivity contribution is 5.62. The number of ether oxygens (including phenoxy) is 4. The molecule has 2 aliphatic heterocycles. The van der Waals surface area contributed by atoms with Crippen molar-refractivity contribution < 1.29 is 29.2 Å². The Hall–Kier alpha value is -6.34. The molecule has 0 bridgehead atoms. The van der Waals surface area contributed by atoms with Crippen molar-refractivity contribution in [3.8, 4) is 34.5 Å². The third-order valence-corrected chi connectivity index (χ3v) is 9.23. The Kier molecular flexibility index (Phi) is 9.76. The van der Waals surface area contributed by atoms with Gasteiger partial charge in [-0.25, -0.2) is 0 Å². The van der Waals surface area contributed by atoms with Crippen molar-refractivity contribution in [1.82, 2.24) is 0 Å². The fourth-order valence-corrected chi connectivity index (χ4v) is 6.62. The van der Waals surface area contributed by atoms with E-state index in [0.717, 1.165) is 44.9 Å². The maximum atomic E-state index is 11.7.